The molecule has 0 fully saturated rings. The SMILES string of the molecule is COc1cccc(Cl)c1CNC(=O)c1cc(Br)sc1Br. The second-order valence-electron chi connectivity index (χ2n) is 3.84. The van der Waals surface area contributed by atoms with Crippen molar-refractivity contribution in [1.82, 2.24) is 5.32 Å². The highest BCUT2D eigenvalue weighted by Crippen LogP contribution is 2.32. The Kier molecular flexibility index (Phi) is 5.49. The molecule has 0 spiro atoms. The minimum Gasteiger partial charge on any atom is -0.496 e. The van der Waals surface area contributed by atoms with E-state index in [1.807, 2.05) is 6.07 Å². The molecule has 0 radical (unpaired) electrons. The first-order valence-corrected chi connectivity index (χ1v) is 8.35. The van der Waals surface area contributed by atoms with Gasteiger partial charge in [-0.1, -0.05) is 17.7 Å². The van der Waals surface area contributed by atoms with E-state index >= 15 is 0 Å². The summed E-state index contributed by atoms with van der Waals surface area (Å²) in [6.45, 7) is 0.307. The molecule has 2 rings (SSSR count). The molecule has 3 nitrogen and oxygen atoms in total. The summed E-state index contributed by atoms with van der Waals surface area (Å²) in [5.74, 6) is 0.490. The third-order valence-electron chi connectivity index (χ3n) is 2.62. The molecule has 1 heterocycles. The van der Waals surface area contributed by atoms with Crippen molar-refractivity contribution in [2.75, 3.05) is 7.11 Å². The lowest BCUT2D eigenvalue weighted by Gasteiger charge is -2.11. The summed E-state index contributed by atoms with van der Waals surface area (Å²) in [5.41, 5.74) is 1.35. The fourth-order valence-corrected chi connectivity index (χ4v) is 4.69. The maximum absolute atomic E-state index is 12.1. The van der Waals surface area contributed by atoms with Crippen LogP contribution in [-0.4, -0.2) is 13.0 Å². The number of ether oxygens (including phenoxy) is 1. The Morgan fingerprint density at radius 3 is 2.80 bits per heavy atom. The Morgan fingerprint density at radius 1 is 1.45 bits per heavy atom. The third-order valence-corrected chi connectivity index (χ3v) is 5.32. The number of thiophene rings is 1. The van der Waals surface area contributed by atoms with Crippen LogP contribution in [0, 0.1) is 0 Å². The van der Waals surface area contributed by atoms with Gasteiger partial charge in [-0.15, -0.1) is 11.3 Å². The summed E-state index contributed by atoms with van der Waals surface area (Å²) in [6.07, 6.45) is 0. The first-order chi connectivity index (χ1) is 9.52. The normalized spacial score (nSPS) is 10.4. The van der Waals surface area contributed by atoms with Crippen molar-refractivity contribution in [1.29, 1.82) is 0 Å². The van der Waals surface area contributed by atoms with E-state index in [0.717, 1.165) is 13.1 Å². The van der Waals surface area contributed by atoms with E-state index in [1.165, 1.54) is 11.3 Å². The quantitative estimate of drug-likeness (QED) is 0.739. The molecule has 0 aliphatic rings. The van der Waals surface area contributed by atoms with Gasteiger partial charge in [-0.25, -0.2) is 0 Å². The fraction of sp³-hybridized carbons (Fsp3) is 0.154. The second-order valence-corrected chi connectivity index (χ2v) is 8.00. The van der Waals surface area contributed by atoms with Gasteiger partial charge >= 0.3 is 0 Å². The van der Waals surface area contributed by atoms with E-state index in [9.17, 15) is 4.79 Å². The maximum Gasteiger partial charge on any atom is 0.253 e. The van der Waals surface area contributed by atoms with Crippen LogP contribution in [0.2, 0.25) is 5.02 Å². The zero-order chi connectivity index (χ0) is 14.7. The first-order valence-electron chi connectivity index (χ1n) is 5.57. The summed E-state index contributed by atoms with van der Waals surface area (Å²) in [5, 5.41) is 3.40. The molecule has 1 aromatic carbocycles. The molecule has 2 aromatic rings. The number of nitrogens with one attached hydrogen (secondary N) is 1. The second kappa shape index (κ2) is 6.93. The fourth-order valence-electron chi connectivity index (χ4n) is 1.66. The Hall–Kier alpha value is -0.560. The molecule has 0 bridgehead atoms. The van der Waals surface area contributed by atoms with E-state index in [-0.39, 0.29) is 5.91 Å². The standard InChI is InChI=1S/C13H10Br2ClNO2S/c1-19-10-4-2-3-9(16)8(10)6-17-13(18)7-5-11(14)20-12(7)15/h2-5H,6H2,1H3,(H,17,18). The van der Waals surface area contributed by atoms with Gasteiger partial charge in [0.05, 0.1) is 20.2 Å². The van der Waals surface area contributed by atoms with E-state index in [4.69, 9.17) is 16.3 Å². The van der Waals surface area contributed by atoms with Gasteiger partial charge in [0.2, 0.25) is 0 Å². The maximum atomic E-state index is 12.1. The zero-order valence-corrected chi connectivity index (χ0v) is 15.1. The van der Waals surface area contributed by atoms with E-state index < -0.39 is 0 Å². The van der Waals surface area contributed by atoms with Crippen LogP contribution in [0.1, 0.15) is 15.9 Å². The van der Waals surface area contributed by atoms with Crippen LogP contribution >= 0.6 is 54.8 Å². The average Bonchev–Trinajstić information content (AvgIpc) is 2.75. The number of carbonyl (C=O) groups excluding carboxylic acids is 1. The van der Waals surface area contributed by atoms with Crippen LogP contribution in [0.4, 0.5) is 0 Å². The van der Waals surface area contributed by atoms with E-state index in [1.54, 1.807) is 25.3 Å². The van der Waals surface area contributed by atoms with Crippen molar-refractivity contribution in [2.45, 2.75) is 6.54 Å². The van der Waals surface area contributed by atoms with Gasteiger partial charge in [-0.3, -0.25) is 4.79 Å². The van der Waals surface area contributed by atoms with Gasteiger partial charge in [-0.2, -0.15) is 0 Å². The van der Waals surface area contributed by atoms with Crippen molar-refractivity contribution in [3.63, 3.8) is 0 Å². The molecular weight excluding hydrogens is 429 g/mol. The summed E-state index contributed by atoms with van der Waals surface area (Å²) in [4.78, 5) is 12.1. The first kappa shape index (κ1) is 15.8. The van der Waals surface area contributed by atoms with Gasteiger partial charge in [0.15, 0.2) is 0 Å². The average molecular weight is 440 g/mol. The monoisotopic (exact) mass is 437 g/mol. The summed E-state index contributed by atoms with van der Waals surface area (Å²) >= 11 is 14.3. The van der Waals surface area contributed by atoms with E-state index in [0.29, 0.717) is 22.9 Å². The molecule has 106 valence electrons. The number of hydrogen-bond donors (Lipinski definition) is 1. The topological polar surface area (TPSA) is 38.3 Å². The van der Waals surface area contributed by atoms with Crippen molar-refractivity contribution in [3.8, 4) is 5.75 Å². The van der Waals surface area contributed by atoms with E-state index in [2.05, 4.69) is 37.2 Å². The number of methoxy groups -OCH3 is 1. The molecule has 20 heavy (non-hydrogen) atoms. The summed E-state index contributed by atoms with van der Waals surface area (Å²) in [7, 11) is 1.57. The highest BCUT2D eigenvalue weighted by atomic mass is 79.9. The predicted octanol–water partition coefficient (Wildman–Crippen LogP) is 4.87. The Bertz CT molecular complexity index is 645. The van der Waals surface area contributed by atoms with Gasteiger partial charge < -0.3 is 10.1 Å². The predicted molar refractivity (Wildman–Crippen MR) is 88.9 cm³/mol. The van der Waals surface area contributed by atoms with Crippen LogP contribution in [-0.2, 0) is 6.54 Å². The lowest BCUT2D eigenvalue weighted by Crippen LogP contribution is -2.23. The smallest absolute Gasteiger partial charge is 0.253 e. The van der Waals surface area contributed by atoms with Crippen LogP contribution in [0.5, 0.6) is 5.75 Å². The van der Waals surface area contributed by atoms with Gasteiger partial charge in [0.25, 0.3) is 5.91 Å². The van der Waals surface area contributed by atoms with Crippen molar-refractivity contribution in [2.24, 2.45) is 0 Å². The van der Waals surface area contributed by atoms with Gasteiger partial charge in [-0.05, 0) is 50.1 Å². The number of carbonyl (C=O) groups is 1. The molecule has 1 aromatic heterocycles. The highest BCUT2D eigenvalue weighted by Gasteiger charge is 2.15. The summed E-state index contributed by atoms with van der Waals surface area (Å²) < 4.78 is 6.92. The molecule has 7 heteroatoms. The molecule has 0 saturated heterocycles. The largest absolute Gasteiger partial charge is 0.496 e. The molecule has 0 aliphatic carbocycles. The number of amides is 1. The molecule has 1 N–H and O–H groups in total. The molecule has 0 atom stereocenters. The molecule has 0 aliphatic heterocycles. The van der Waals surface area contributed by atoms with Gasteiger partial charge in [0, 0.05) is 17.1 Å². The molecule has 0 saturated carbocycles. The Morgan fingerprint density at radius 2 is 2.20 bits per heavy atom. The van der Waals surface area contributed by atoms with Crippen molar-refractivity contribution in [3.05, 3.63) is 48.0 Å². The number of rotatable bonds is 4. The van der Waals surface area contributed by atoms with Crippen molar-refractivity contribution < 1.29 is 9.53 Å². The lowest BCUT2D eigenvalue weighted by molar-refractivity contribution is 0.0950. The number of halogens is 3. The number of hydrogen-bond acceptors (Lipinski definition) is 3. The highest BCUT2D eigenvalue weighted by molar-refractivity contribution is 9.12. The molecular formula is C13H10Br2ClNO2S. The van der Waals surface area contributed by atoms with Crippen LogP contribution in [0.3, 0.4) is 0 Å². The van der Waals surface area contributed by atoms with Crippen molar-refractivity contribution >= 4 is 60.7 Å². The number of benzene rings is 1. The van der Waals surface area contributed by atoms with Crippen LogP contribution < -0.4 is 10.1 Å². The third kappa shape index (κ3) is 3.55. The van der Waals surface area contributed by atoms with Gasteiger partial charge in [0.1, 0.15) is 5.75 Å². The van der Waals surface area contributed by atoms with Crippen LogP contribution in [0.25, 0.3) is 0 Å². The minimum absolute atomic E-state index is 0.166. The Balaban J connectivity index is 2.13. The molecule has 1 amide bonds. The van der Waals surface area contributed by atoms with Crippen LogP contribution in [0.15, 0.2) is 31.8 Å². The summed E-state index contributed by atoms with van der Waals surface area (Å²) in [6, 6.07) is 7.15. The Labute approximate surface area is 142 Å². The minimum atomic E-state index is -0.166. The molecule has 0 unspecified atom stereocenters. The zero-order valence-electron chi connectivity index (χ0n) is 10.4. The lowest BCUT2D eigenvalue weighted by atomic mass is 10.2.